The Labute approximate surface area is 123 Å². The lowest BCUT2D eigenvalue weighted by Gasteiger charge is -2.37. The molecule has 2 rings (SSSR count). The molecule has 1 aliphatic carbocycles. The van der Waals surface area contributed by atoms with Crippen LogP contribution in [0.15, 0.2) is 18.3 Å². The summed E-state index contributed by atoms with van der Waals surface area (Å²) < 4.78 is 0. The number of nitrogen functional groups attached to an aromatic ring is 1. The monoisotopic (exact) mass is 291 g/mol. The molecule has 1 aromatic rings. The van der Waals surface area contributed by atoms with E-state index in [4.69, 9.17) is 5.73 Å². The standard InChI is InChI=1S/C15H21N3O3/c1-10-3-2-6-15(8-10,14(20)21)18-13(19)7-12-5-4-11(16)9-17-12/h4-5,9-10H,2-3,6-8,16H2,1H3,(H,18,19)(H,20,21). The quantitative estimate of drug-likeness (QED) is 0.776. The SMILES string of the molecule is CC1CCCC(NC(=O)Cc2ccc(N)cn2)(C(=O)O)C1. The van der Waals surface area contributed by atoms with E-state index in [9.17, 15) is 14.7 Å². The number of hydrogen-bond acceptors (Lipinski definition) is 4. The van der Waals surface area contributed by atoms with Gasteiger partial charge in [0.25, 0.3) is 0 Å². The van der Waals surface area contributed by atoms with Crippen molar-refractivity contribution < 1.29 is 14.7 Å². The molecular formula is C15H21N3O3. The van der Waals surface area contributed by atoms with E-state index in [0.29, 0.717) is 30.1 Å². The molecule has 1 amide bonds. The molecular weight excluding hydrogens is 270 g/mol. The first kappa shape index (κ1) is 15.3. The zero-order valence-electron chi connectivity index (χ0n) is 12.1. The molecule has 0 aromatic carbocycles. The van der Waals surface area contributed by atoms with E-state index in [2.05, 4.69) is 10.3 Å². The zero-order chi connectivity index (χ0) is 15.5. The van der Waals surface area contributed by atoms with Gasteiger partial charge in [0.15, 0.2) is 0 Å². The number of amides is 1. The lowest BCUT2D eigenvalue weighted by molar-refractivity contribution is -0.150. The summed E-state index contributed by atoms with van der Waals surface area (Å²) in [7, 11) is 0. The van der Waals surface area contributed by atoms with Gasteiger partial charge in [0, 0.05) is 5.69 Å². The first-order valence-corrected chi connectivity index (χ1v) is 7.16. The summed E-state index contributed by atoms with van der Waals surface area (Å²) in [4.78, 5) is 27.8. The number of carbonyl (C=O) groups excluding carboxylic acids is 1. The van der Waals surface area contributed by atoms with Crippen LogP contribution >= 0.6 is 0 Å². The molecule has 2 unspecified atom stereocenters. The lowest BCUT2D eigenvalue weighted by Crippen LogP contribution is -2.57. The van der Waals surface area contributed by atoms with Crippen molar-refractivity contribution in [2.45, 2.75) is 44.6 Å². The Bertz CT molecular complexity index is 529. The average molecular weight is 291 g/mol. The summed E-state index contributed by atoms with van der Waals surface area (Å²) in [6, 6.07) is 3.34. The van der Waals surface area contributed by atoms with E-state index in [1.807, 2.05) is 6.92 Å². The Morgan fingerprint density at radius 1 is 1.52 bits per heavy atom. The van der Waals surface area contributed by atoms with Crippen molar-refractivity contribution in [2.75, 3.05) is 5.73 Å². The number of hydrogen-bond donors (Lipinski definition) is 3. The molecule has 6 nitrogen and oxygen atoms in total. The summed E-state index contributed by atoms with van der Waals surface area (Å²) in [5.74, 6) is -0.971. The number of nitrogens with one attached hydrogen (secondary N) is 1. The molecule has 0 aliphatic heterocycles. The number of carboxylic acids is 1. The van der Waals surface area contributed by atoms with E-state index < -0.39 is 11.5 Å². The van der Waals surface area contributed by atoms with Gasteiger partial charge in [0.1, 0.15) is 5.54 Å². The van der Waals surface area contributed by atoms with Crippen molar-refractivity contribution in [3.05, 3.63) is 24.0 Å². The minimum atomic E-state index is -1.14. The lowest BCUT2D eigenvalue weighted by atomic mass is 9.76. The fourth-order valence-corrected chi connectivity index (χ4v) is 2.93. The molecule has 1 aliphatic rings. The van der Waals surface area contributed by atoms with Gasteiger partial charge in [-0.2, -0.15) is 0 Å². The van der Waals surface area contributed by atoms with Gasteiger partial charge in [-0.05, 0) is 30.9 Å². The van der Waals surface area contributed by atoms with Crippen LogP contribution in [0.4, 0.5) is 5.69 Å². The van der Waals surface area contributed by atoms with Gasteiger partial charge in [-0.3, -0.25) is 9.78 Å². The van der Waals surface area contributed by atoms with Gasteiger partial charge < -0.3 is 16.2 Å². The summed E-state index contributed by atoms with van der Waals surface area (Å²) in [6.07, 6.45) is 4.32. The number of pyridine rings is 1. The minimum Gasteiger partial charge on any atom is -0.480 e. The number of nitrogens with zero attached hydrogens (tertiary/aromatic N) is 1. The smallest absolute Gasteiger partial charge is 0.329 e. The summed E-state index contributed by atoms with van der Waals surface area (Å²) in [6.45, 7) is 2.02. The van der Waals surface area contributed by atoms with Crippen LogP contribution in [0, 0.1) is 5.92 Å². The van der Waals surface area contributed by atoms with Crippen molar-refractivity contribution in [2.24, 2.45) is 5.92 Å². The van der Waals surface area contributed by atoms with Crippen molar-refractivity contribution in [3.8, 4) is 0 Å². The Morgan fingerprint density at radius 3 is 2.86 bits per heavy atom. The van der Waals surface area contributed by atoms with Crippen LogP contribution in [0.5, 0.6) is 0 Å². The Kier molecular flexibility index (Phi) is 4.45. The Morgan fingerprint density at radius 2 is 2.29 bits per heavy atom. The van der Waals surface area contributed by atoms with E-state index >= 15 is 0 Å². The first-order chi connectivity index (χ1) is 9.91. The zero-order valence-corrected chi connectivity index (χ0v) is 12.1. The number of aliphatic carboxylic acids is 1. The van der Waals surface area contributed by atoms with Crippen molar-refractivity contribution in [1.29, 1.82) is 0 Å². The molecule has 4 N–H and O–H groups in total. The number of rotatable bonds is 4. The molecule has 1 heterocycles. The molecule has 6 heteroatoms. The fourth-order valence-electron chi connectivity index (χ4n) is 2.93. The number of carboxylic acid groups (broad SMARTS) is 1. The van der Waals surface area contributed by atoms with Gasteiger partial charge in [-0.25, -0.2) is 4.79 Å². The van der Waals surface area contributed by atoms with Crippen LogP contribution in [0.2, 0.25) is 0 Å². The van der Waals surface area contributed by atoms with Crippen LogP contribution in [-0.2, 0) is 16.0 Å². The third-order valence-corrected chi connectivity index (χ3v) is 3.97. The fraction of sp³-hybridized carbons (Fsp3) is 0.533. The van der Waals surface area contributed by atoms with E-state index in [1.165, 1.54) is 6.20 Å². The second-order valence-electron chi connectivity index (χ2n) is 5.90. The normalized spacial score (nSPS) is 25.3. The van der Waals surface area contributed by atoms with Gasteiger partial charge in [-0.15, -0.1) is 0 Å². The van der Waals surface area contributed by atoms with Gasteiger partial charge in [0.2, 0.25) is 5.91 Å². The molecule has 1 saturated carbocycles. The second kappa shape index (κ2) is 6.11. The molecule has 0 radical (unpaired) electrons. The van der Waals surface area contributed by atoms with E-state index in [-0.39, 0.29) is 12.3 Å². The maximum Gasteiger partial charge on any atom is 0.329 e. The molecule has 0 saturated heterocycles. The molecule has 2 atom stereocenters. The highest BCUT2D eigenvalue weighted by molar-refractivity contribution is 5.88. The van der Waals surface area contributed by atoms with Crippen LogP contribution < -0.4 is 11.1 Å². The third-order valence-electron chi connectivity index (χ3n) is 3.97. The second-order valence-corrected chi connectivity index (χ2v) is 5.90. The number of carbonyl (C=O) groups is 2. The predicted octanol–water partition coefficient (Wildman–Crippen LogP) is 1.36. The maximum absolute atomic E-state index is 12.1. The summed E-state index contributed by atoms with van der Waals surface area (Å²) in [5, 5.41) is 12.2. The van der Waals surface area contributed by atoms with Crippen molar-refractivity contribution >= 4 is 17.6 Å². The maximum atomic E-state index is 12.1. The molecule has 21 heavy (non-hydrogen) atoms. The topological polar surface area (TPSA) is 105 Å². The predicted molar refractivity (Wildman–Crippen MR) is 78.5 cm³/mol. The Balaban J connectivity index is 2.05. The highest BCUT2D eigenvalue weighted by Crippen LogP contribution is 2.32. The van der Waals surface area contributed by atoms with E-state index in [0.717, 1.165) is 12.8 Å². The minimum absolute atomic E-state index is 0.0592. The Hall–Kier alpha value is -2.11. The van der Waals surface area contributed by atoms with Gasteiger partial charge in [-0.1, -0.05) is 19.8 Å². The number of anilines is 1. The van der Waals surface area contributed by atoms with Crippen LogP contribution in [-0.4, -0.2) is 27.5 Å². The summed E-state index contributed by atoms with van der Waals surface area (Å²) >= 11 is 0. The average Bonchev–Trinajstić information content (AvgIpc) is 2.41. The molecule has 1 fully saturated rings. The van der Waals surface area contributed by atoms with Crippen LogP contribution in [0.1, 0.15) is 38.3 Å². The highest BCUT2D eigenvalue weighted by atomic mass is 16.4. The van der Waals surface area contributed by atoms with Crippen LogP contribution in [0.25, 0.3) is 0 Å². The molecule has 0 bridgehead atoms. The number of aromatic nitrogens is 1. The highest BCUT2D eigenvalue weighted by Gasteiger charge is 2.43. The largest absolute Gasteiger partial charge is 0.480 e. The third kappa shape index (κ3) is 3.71. The van der Waals surface area contributed by atoms with Gasteiger partial charge >= 0.3 is 5.97 Å². The van der Waals surface area contributed by atoms with Gasteiger partial charge in [0.05, 0.1) is 18.3 Å². The molecule has 1 aromatic heterocycles. The van der Waals surface area contributed by atoms with Crippen LogP contribution in [0.3, 0.4) is 0 Å². The number of nitrogens with two attached hydrogens (primary N) is 1. The summed E-state index contributed by atoms with van der Waals surface area (Å²) in [5.41, 5.74) is 5.51. The molecule has 114 valence electrons. The van der Waals surface area contributed by atoms with Crippen molar-refractivity contribution in [3.63, 3.8) is 0 Å². The first-order valence-electron chi connectivity index (χ1n) is 7.16. The van der Waals surface area contributed by atoms with E-state index in [1.54, 1.807) is 12.1 Å². The molecule has 0 spiro atoms. The van der Waals surface area contributed by atoms with Crippen molar-refractivity contribution in [1.82, 2.24) is 10.3 Å².